The van der Waals surface area contributed by atoms with Gasteiger partial charge in [0.05, 0.1) is 11.2 Å². The summed E-state index contributed by atoms with van der Waals surface area (Å²) in [6.45, 7) is 2.17. The van der Waals surface area contributed by atoms with Gasteiger partial charge in [0.1, 0.15) is 0 Å². The molecule has 4 heteroatoms. The van der Waals surface area contributed by atoms with Gasteiger partial charge in [0.25, 0.3) is 0 Å². The van der Waals surface area contributed by atoms with Crippen LogP contribution in [0.2, 0.25) is 0 Å². The molecule has 3 rings (SSSR count). The molecule has 1 N–H and O–H groups in total. The van der Waals surface area contributed by atoms with Gasteiger partial charge in [-0.15, -0.1) is 0 Å². The van der Waals surface area contributed by atoms with E-state index in [1.807, 2.05) is 22.8 Å². The molecular weight excluding hydrogens is 254 g/mol. The monoisotopic (exact) mass is 265 g/mol. The van der Waals surface area contributed by atoms with Gasteiger partial charge in [0, 0.05) is 23.1 Å². The van der Waals surface area contributed by atoms with Crippen molar-refractivity contribution in [2.24, 2.45) is 0 Å². The number of fused-ring (bicyclic) bond motifs is 1. The lowest BCUT2D eigenvalue weighted by Crippen LogP contribution is -2.08. The molecule has 0 amide bonds. The van der Waals surface area contributed by atoms with E-state index in [1.54, 1.807) is 0 Å². The normalized spacial score (nSPS) is 21.3. The Bertz CT molecular complexity index is 486. The predicted molar refractivity (Wildman–Crippen MR) is 63.1 cm³/mol. The van der Waals surface area contributed by atoms with Gasteiger partial charge >= 0.3 is 0 Å². The number of rotatable bonds is 1. The Kier molecular flexibility index (Phi) is 2.25. The Labute approximate surface area is 96.6 Å². The molecule has 1 aliphatic heterocycles. The van der Waals surface area contributed by atoms with Crippen molar-refractivity contribution in [2.45, 2.75) is 12.3 Å². The van der Waals surface area contributed by atoms with Crippen LogP contribution < -0.4 is 5.32 Å². The lowest BCUT2D eigenvalue weighted by Gasteiger charge is -2.01. The zero-order valence-electron chi connectivity index (χ0n) is 8.28. The number of pyridine rings is 1. The fraction of sp³-hybridized carbons (Fsp3) is 0.364. The largest absolute Gasteiger partial charge is 0.316 e. The molecule has 3 nitrogen and oxygen atoms in total. The zero-order valence-corrected chi connectivity index (χ0v) is 9.87. The van der Waals surface area contributed by atoms with Gasteiger partial charge in [0.2, 0.25) is 0 Å². The second-order valence-electron chi connectivity index (χ2n) is 3.94. The quantitative estimate of drug-likeness (QED) is 0.857. The summed E-state index contributed by atoms with van der Waals surface area (Å²) in [4.78, 5) is 0. The second kappa shape index (κ2) is 3.61. The first kappa shape index (κ1) is 9.36. The molecule has 3 heterocycles. The lowest BCUT2D eigenvalue weighted by atomic mass is 10.1. The van der Waals surface area contributed by atoms with Crippen LogP contribution in [0.15, 0.2) is 28.9 Å². The van der Waals surface area contributed by atoms with E-state index in [1.165, 1.54) is 12.1 Å². The third-order valence-corrected chi connectivity index (χ3v) is 3.62. The fourth-order valence-electron chi connectivity index (χ4n) is 2.11. The molecule has 1 aliphatic rings. The summed E-state index contributed by atoms with van der Waals surface area (Å²) in [5, 5.41) is 7.97. The Hall–Kier alpha value is -0.870. The lowest BCUT2D eigenvalue weighted by molar-refractivity contribution is 0.718. The average molecular weight is 266 g/mol. The number of aromatic nitrogens is 2. The number of halogens is 1. The van der Waals surface area contributed by atoms with Crippen LogP contribution in [0.5, 0.6) is 0 Å². The average Bonchev–Trinajstić information content (AvgIpc) is 2.86. The van der Waals surface area contributed by atoms with E-state index in [0.717, 1.165) is 23.1 Å². The van der Waals surface area contributed by atoms with Crippen LogP contribution in [0.25, 0.3) is 5.52 Å². The standard InChI is InChI=1S/C11H12BrN3/c12-9-2-1-5-15-11(9)6-10(14-15)8-3-4-13-7-8/h1-2,5-6,8,13H,3-4,7H2. The molecular formula is C11H12BrN3. The van der Waals surface area contributed by atoms with Crippen LogP contribution in [-0.4, -0.2) is 22.7 Å². The van der Waals surface area contributed by atoms with Crippen LogP contribution in [-0.2, 0) is 0 Å². The first-order chi connectivity index (χ1) is 7.34. The van der Waals surface area contributed by atoms with Crippen molar-refractivity contribution in [1.29, 1.82) is 0 Å². The summed E-state index contributed by atoms with van der Waals surface area (Å²) >= 11 is 3.54. The van der Waals surface area contributed by atoms with Gasteiger partial charge in [-0.25, -0.2) is 4.52 Å². The Morgan fingerprint density at radius 2 is 2.47 bits per heavy atom. The molecule has 0 radical (unpaired) electrons. The molecule has 0 aliphatic carbocycles. The van der Waals surface area contributed by atoms with Crippen molar-refractivity contribution >= 4 is 21.4 Å². The highest BCUT2D eigenvalue weighted by atomic mass is 79.9. The molecule has 0 bridgehead atoms. The fourth-order valence-corrected chi connectivity index (χ4v) is 2.56. The number of nitrogens with one attached hydrogen (secondary N) is 1. The topological polar surface area (TPSA) is 29.3 Å². The van der Waals surface area contributed by atoms with E-state index in [2.05, 4.69) is 32.4 Å². The maximum Gasteiger partial charge on any atom is 0.0806 e. The second-order valence-corrected chi connectivity index (χ2v) is 4.80. The minimum atomic E-state index is 0.580. The third kappa shape index (κ3) is 1.58. The minimum absolute atomic E-state index is 0.580. The molecule has 0 saturated carbocycles. The van der Waals surface area contributed by atoms with Crippen LogP contribution in [0.1, 0.15) is 18.0 Å². The van der Waals surface area contributed by atoms with Crippen molar-refractivity contribution in [1.82, 2.24) is 14.9 Å². The van der Waals surface area contributed by atoms with E-state index in [4.69, 9.17) is 0 Å². The van der Waals surface area contributed by atoms with E-state index in [-0.39, 0.29) is 0 Å². The summed E-state index contributed by atoms with van der Waals surface area (Å²) in [7, 11) is 0. The first-order valence-electron chi connectivity index (χ1n) is 5.19. The number of hydrogen-bond donors (Lipinski definition) is 1. The molecule has 1 saturated heterocycles. The molecule has 15 heavy (non-hydrogen) atoms. The van der Waals surface area contributed by atoms with Crippen molar-refractivity contribution in [3.8, 4) is 0 Å². The highest BCUT2D eigenvalue weighted by Crippen LogP contribution is 2.25. The Morgan fingerprint density at radius 1 is 1.53 bits per heavy atom. The maximum absolute atomic E-state index is 4.60. The van der Waals surface area contributed by atoms with E-state index in [9.17, 15) is 0 Å². The SMILES string of the molecule is Brc1cccn2nc(C3CCNC3)cc12. The van der Waals surface area contributed by atoms with Gasteiger partial charge in [-0.3, -0.25) is 0 Å². The number of nitrogens with zero attached hydrogens (tertiary/aromatic N) is 2. The minimum Gasteiger partial charge on any atom is -0.316 e. The molecule has 1 fully saturated rings. The van der Waals surface area contributed by atoms with Gasteiger partial charge in [-0.1, -0.05) is 0 Å². The van der Waals surface area contributed by atoms with Crippen LogP contribution >= 0.6 is 15.9 Å². The highest BCUT2D eigenvalue weighted by Gasteiger charge is 2.19. The smallest absolute Gasteiger partial charge is 0.0806 e. The first-order valence-corrected chi connectivity index (χ1v) is 5.98. The zero-order chi connectivity index (χ0) is 10.3. The third-order valence-electron chi connectivity index (χ3n) is 2.95. The number of hydrogen-bond acceptors (Lipinski definition) is 2. The van der Waals surface area contributed by atoms with Crippen LogP contribution in [0, 0.1) is 0 Å². The summed E-state index contributed by atoms with van der Waals surface area (Å²) in [6.07, 6.45) is 3.19. The van der Waals surface area contributed by atoms with Crippen molar-refractivity contribution in [3.05, 3.63) is 34.6 Å². The highest BCUT2D eigenvalue weighted by molar-refractivity contribution is 9.10. The van der Waals surface area contributed by atoms with Crippen molar-refractivity contribution < 1.29 is 0 Å². The predicted octanol–water partition coefficient (Wildman–Crippen LogP) is 2.17. The molecule has 0 spiro atoms. The van der Waals surface area contributed by atoms with Gasteiger partial charge in [0.15, 0.2) is 0 Å². The molecule has 2 aromatic heterocycles. The molecule has 2 aromatic rings. The maximum atomic E-state index is 4.60. The van der Waals surface area contributed by atoms with E-state index in [0.29, 0.717) is 5.92 Å². The van der Waals surface area contributed by atoms with Crippen LogP contribution in [0.3, 0.4) is 0 Å². The summed E-state index contributed by atoms with van der Waals surface area (Å²) in [5.74, 6) is 0.580. The summed E-state index contributed by atoms with van der Waals surface area (Å²) in [6, 6.07) is 6.23. The van der Waals surface area contributed by atoms with Crippen LogP contribution in [0.4, 0.5) is 0 Å². The molecule has 78 valence electrons. The van der Waals surface area contributed by atoms with Crippen molar-refractivity contribution in [3.63, 3.8) is 0 Å². The van der Waals surface area contributed by atoms with Gasteiger partial charge < -0.3 is 5.32 Å². The summed E-state index contributed by atoms with van der Waals surface area (Å²) < 4.78 is 3.05. The van der Waals surface area contributed by atoms with Gasteiger partial charge in [-0.2, -0.15) is 5.10 Å². The van der Waals surface area contributed by atoms with E-state index < -0.39 is 0 Å². The molecule has 1 unspecified atom stereocenters. The van der Waals surface area contributed by atoms with Crippen molar-refractivity contribution in [2.75, 3.05) is 13.1 Å². The summed E-state index contributed by atoms with van der Waals surface area (Å²) in [5.41, 5.74) is 2.35. The van der Waals surface area contributed by atoms with E-state index >= 15 is 0 Å². The molecule has 1 atom stereocenters. The molecule has 0 aromatic carbocycles. The Morgan fingerprint density at radius 3 is 3.20 bits per heavy atom. The Balaban J connectivity index is 2.09. The van der Waals surface area contributed by atoms with Gasteiger partial charge in [-0.05, 0) is 47.1 Å².